The average molecular weight is 295 g/mol. The fourth-order valence-corrected chi connectivity index (χ4v) is 2.88. The van der Waals surface area contributed by atoms with E-state index in [-0.39, 0.29) is 0 Å². The van der Waals surface area contributed by atoms with Gasteiger partial charge in [0.25, 0.3) is 0 Å². The fraction of sp³-hybridized carbons (Fsp3) is 0.100. The topological polar surface area (TPSA) is 33.1 Å². The molecule has 16 heavy (non-hydrogen) atoms. The van der Waals surface area contributed by atoms with Crippen molar-refractivity contribution in [1.29, 1.82) is 0 Å². The van der Waals surface area contributed by atoms with Crippen LogP contribution in [0.1, 0.15) is 16.7 Å². The molecule has 6 heteroatoms. The highest BCUT2D eigenvalue weighted by molar-refractivity contribution is 7.10. The average Bonchev–Trinajstić information content (AvgIpc) is 2.63. The second kappa shape index (κ2) is 4.90. The lowest BCUT2D eigenvalue weighted by Crippen LogP contribution is -2.01. The molecule has 1 unspecified atom stereocenters. The Hall–Kier alpha value is -0.320. The van der Waals surface area contributed by atoms with Crippen LogP contribution in [0.3, 0.4) is 0 Å². The van der Waals surface area contributed by atoms with Crippen LogP contribution in [0.5, 0.6) is 0 Å². The highest BCUT2D eigenvalue weighted by atomic mass is 35.5. The summed E-state index contributed by atoms with van der Waals surface area (Å²) in [6.07, 6.45) is 0.519. The molecule has 0 aliphatic rings. The molecule has 0 saturated carbocycles. The molecule has 0 aliphatic carbocycles. The molecule has 2 rings (SSSR count). The molecule has 0 aromatic carbocycles. The predicted molar refractivity (Wildman–Crippen MR) is 67.6 cm³/mol. The first-order valence-electron chi connectivity index (χ1n) is 4.31. The molecule has 0 spiro atoms. The number of pyridine rings is 1. The van der Waals surface area contributed by atoms with E-state index in [1.165, 1.54) is 23.6 Å². The summed E-state index contributed by atoms with van der Waals surface area (Å²) in [7, 11) is 0. The van der Waals surface area contributed by atoms with E-state index in [0.29, 0.717) is 25.6 Å². The van der Waals surface area contributed by atoms with Crippen molar-refractivity contribution in [2.24, 2.45) is 0 Å². The van der Waals surface area contributed by atoms with Gasteiger partial charge in [0.15, 0.2) is 0 Å². The number of nitrogens with zero attached hydrogens (tertiary/aromatic N) is 1. The Morgan fingerprint density at radius 2 is 2.00 bits per heavy atom. The monoisotopic (exact) mass is 293 g/mol. The molecular weight excluding hydrogens is 289 g/mol. The molecule has 0 bridgehead atoms. The minimum atomic E-state index is -0.919. The van der Waals surface area contributed by atoms with Gasteiger partial charge in [0, 0.05) is 6.20 Å². The number of thiophene rings is 1. The van der Waals surface area contributed by atoms with Gasteiger partial charge in [0.1, 0.15) is 6.10 Å². The highest BCUT2D eigenvalue weighted by Crippen LogP contribution is 2.35. The minimum absolute atomic E-state index is 0.324. The maximum Gasteiger partial charge on any atom is 0.133 e. The van der Waals surface area contributed by atoms with Crippen molar-refractivity contribution in [2.45, 2.75) is 6.10 Å². The van der Waals surface area contributed by atoms with Crippen LogP contribution in [0, 0.1) is 0 Å². The number of aromatic nitrogens is 1. The third-order valence-electron chi connectivity index (χ3n) is 1.99. The van der Waals surface area contributed by atoms with E-state index < -0.39 is 6.10 Å². The molecule has 84 valence electrons. The highest BCUT2D eigenvalue weighted by Gasteiger charge is 2.19. The van der Waals surface area contributed by atoms with Crippen molar-refractivity contribution in [2.75, 3.05) is 0 Å². The number of aliphatic hydroxyl groups excluding tert-OH is 1. The standard InChI is InChI=1S/C10H6Cl3NOS/c11-5-3-7(13)8(14-4-5)9(15)10-6(12)1-2-16-10/h1-4,9,15H. The van der Waals surface area contributed by atoms with E-state index in [1.807, 2.05) is 0 Å². The summed E-state index contributed by atoms with van der Waals surface area (Å²) >= 11 is 18.9. The SMILES string of the molecule is OC(c1ncc(Cl)cc1Cl)c1sccc1Cl. The van der Waals surface area contributed by atoms with Crippen LogP contribution < -0.4 is 0 Å². The van der Waals surface area contributed by atoms with Gasteiger partial charge >= 0.3 is 0 Å². The number of hydrogen-bond donors (Lipinski definition) is 1. The zero-order chi connectivity index (χ0) is 11.7. The van der Waals surface area contributed by atoms with Gasteiger partial charge in [0.2, 0.25) is 0 Å². The van der Waals surface area contributed by atoms with Gasteiger partial charge in [-0.15, -0.1) is 11.3 Å². The molecule has 2 nitrogen and oxygen atoms in total. The smallest absolute Gasteiger partial charge is 0.133 e. The van der Waals surface area contributed by atoms with E-state index in [2.05, 4.69) is 4.98 Å². The fourth-order valence-electron chi connectivity index (χ4n) is 1.25. The first-order valence-corrected chi connectivity index (χ1v) is 6.33. The van der Waals surface area contributed by atoms with Crippen LogP contribution in [0.15, 0.2) is 23.7 Å². The molecule has 1 atom stereocenters. The molecule has 2 aromatic heterocycles. The van der Waals surface area contributed by atoms with Crippen LogP contribution in [0.25, 0.3) is 0 Å². The summed E-state index contributed by atoms with van der Waals surface area (Å²) in [5.74, 6) is 0. The van der Waals surface area contributed by atoms with E-state index >= 15 is 0 Å². The Kier molecular flexibility index (Phi) is 3.72. The van der Waals surface area contributed by atoms with E-state index in [9.17, 15) is 5.11 Å². The Morgan fingerprint density at radius 1 is 1.25 bits per heavy atom. The Labute approximate surface area is 111 Å². The van der Waals surface area contributed by atoms with Crippen molar-refractivity contribution in [3.63, 3.8) is 0 Å². The van der Waals surface area contributed by atoms with Crippen molar-refractivity contribution >= 4 is 46.1 Å². The van der Waals surface area contributed by atoms with Crippen LogP contribution >= 0.6 is 46.1 Å². The number of rotatable bonds is 2. The van der Waals surface area contributed by atoms with Gasteiger partial charge in [-0.25, -0.2) is 0 Å². The van der Waals surface area contributed by atoms with E-state index in [1.54, 1.807) is 11.4 Å². The largest absolute Gasteiger partial charge is 0.381 e. The quantitative estimate of drug-likeness (QED) is 0.901. The van der Waals surface area contributed by atoms with Crippen molar-refractivity contribution in [3.05, 3.63) is 49.3 Å². The molecule has 0 amide bonds. The number of halogens is 3. The third kappa shape index (κ3) is 2.34. The maximum atomic E-state index is 10.1. The zero-order valence-electron chi connectivity index (χ0n) is 7.82. The second-order valence-corrected chi connectivity index (χ2v) is 5.25. The van der Waals surface area contributed by atoms with Crippen molar-refractivity contribution < 1.29 is 5.11 Å². The van der Waals surface area contributed by atoms with Crippen molar-refractivity contribution in [3.8, 4) is 0 Å². The zero-order valence-corrected chi connectivity index (χ0v) is 10.9. The molecule has 2 heterocycles. The Bertz CT molecular complexity index is 515. The minimum Gasteiger partial charge on any atom is -0.381 e. The van der Waals surface area contributed by atoms with Gasteiger partial charge in [-0.05, 0) is 17.5 Å². The van der Waals surface area contributed by atoms with E-state index in [0.717, 1.165) is 0 Å². The van der Waals surface area contributed by atoms with Gasteiger partial charge in [0.05, 0.1) is 25.6 Å². The summed E-state index contributed by atoms with van der Waals surface area (Å²) < 4.78 is 0. The summed E-state index contributed by atoms with van der Waals surface area (Å²) in [6, 6.07) is 3.25. The Morgan fingerprint density at radius 3 is 2.56 bits per heavy atom. The predicted octanol–water partition coefficient (Wildman–Crippen LogP) is 4.19. The summed E-state index contributed by atoms with van der Waals surface area (Å²) in [5, 5.41) is 13.1. The Balaban J connectivity index is 2.41. The first-order chi connectivity index (χ1) is 7.59. The lowest BCUT2D eigenvalue weighted by atomic mass is 10.2. The van der Waals surface area contributed by atoms with Crippen LogP contribution in [0.2, 0.25) is 15.1 Å². The first kappa shape index (κ1) is 12.1. The lowest BCUT2D eigenvalue weighted by molar-refractivity contribution is 0.219. The van der Waals surface area contributed by atoms with Gasteiger partial charge in [-0.1, -0.05) is 34.8 Å². The molecule has 0 saturated heterocycles. The van der Waals surface area contributed by atoms with E-state index in [4.69, 9.17) is 34.8 Å². The molecule has 1 N–H and O–H groups in total. The van der Waals surface area contributed by atoms with Gasteiger partial charge in [-0.2, -0.15) is 0 Å². The summed E-state index contributed by atoms with van der Waals surface area (Å²) in [4.78, 5) is 4.63. The lowest BCUT2D eigenvalue weighted by Gasteiger charge is -2.10. The van der Waals surface area contributed by atoms with Crippen molar-refractivity contribution in [1.82, 2.24) is 4.98 Å². The molecule has 2 aromatic rings. The van der Waals surface area contributed by atoms with Crippen LogP contribution in [0.4, 0.5) is 0 Å². The number of hydrogen-bond acceptors (Lipinski definition) is 3. The molecule has 0 aliphatic heterocycles. The van der Waals surface area contributed by atoms with Crippen LogP contribution in [-0.4, -0.2) is 10.1 Å². The summed E-state index contributed by atoms with van der Waals surface area (Å²) in [6.45, 7) is 0. The molecule has 0 fully saturated rings. The summed E-state index contributed by atoms with van der Waals surface area (Å²) in [5.41, 5.74) is 0.357. The maximum absolute atomic E-state index is 10.1. The van der Waals surface area contributed by atoms with Crippen LogP contribution in [-0.2, 0) is 0 Å². The molecular formula is C10H6Cl3NOS. The second-order valence-electron chi connectivity index (χ2n) is 3.06. The normalized spacial score (nSPS) is 12.8. The van der Waals surface area contributed by atoms with Gasteiger partial charge < -0.3 is 5.11 Å². The van der Waals surface area contributed by atoms with Gasteiger partial charge in [-0.3, -0.25) is 4.98 Å². The third-order valence-corrected chi connectivity index (χ3v) is 3.91. The number of aliphatic hydroxyl groups is 1. The molecule has 0 radical (unpaired) electrons.